The van der Waals surface area contributed by atoms with Gasteiger partial charge in [0.05, 0.1) is 9.82 Å². The van der Waals surface area contributed by atoms with Crippen molar-refractivity contribution in [3.05, 3.63) is 69.0 Å². The summed E-state index contributed by atoms with van der Waals surface area (Å²) in [6, 6.07) is 8.03. The quantitative estimate of drug-likeness (QED) is 0.567. The van der Waals surface area contributed by atoms with E-state index < -0.39 is 14.9 Å². The van der Waals surface area contributed by atoms with E-state index in [9.17, 15) is 22.9 Å². The van der Waals surface area contributed by atoms with Gasteiger partial charge in [0.1, 0.15) is 5.82 Å². The van der Waals surface area contributed by atoms with Gasteiger partial charge in [0.25, 0.3) is 5.69 Å². The Balaban J connectivity index is 2.04. The van der Waals surface area contributed by atoms with Gasteiger partial charge >= 0.3 is 0 Å². The Labute approximate surface area is 151 Å². The molecule has 1 aliphatic carbocycles. The zero-order chi connectivity index (χ0) is 19.1. The van der Waals surface area contributed by atoms with Crippen LogP contribution in [0.15, 0.2) is 41.3 Å². The van der Waals surface area contributed by atoms with Crippen molar-refractivity contribution < 1.29 is 17.7 Å². The van der Waals surface area contributed by atoms with E-state index in [1.807, 2.05) is 0 Å². The molecule has 0 aromatic heterocycles. The van der Waals surface area contributed by atoms with E-state index >= 15 is 0 Å². The van der Waals surface area contributed by atoms with E-state index in [4.69, 9.17) is 0 Å². The Hall–Kier alpha value is -2.32. The number of non-ortho nitro benzene ring substituents is 1. The summed E-state index contributed by atoms with van der Waals surface area (Å²) in [5.41, 5.74) is 1.47. The molecule has 0 heterocycles. The van der Waals surface area contributed by atoms with E-state index in [1.165, 1.54) is 22.5 Å². The SMILES string of the molecule is Cc1cc([N+](=O)[O-])cc(S(=O)(=O)N(Cc2ccc(F)cc2)C2CC2)c1C. The molecule has 1 saturated carbocycles. The molecule has 0 aliphatic heterocycles. The Bertz CT molecular complexity index is 954. The summed E-state index contributed by atoms with van der Waals surface area (Å²) in [6.45, 7) is 3.41. The fourth-order valence-electron chi connectivity index (χ4n) is 2.85. The normalized spacial score (nSPS) is 14.6. The van der Waals surface area contributed by atoms with Gasteiger partial charge < -0.3 is 0 Å². The number of benzene rings is 2. The van der Waals surface area contributed by atoms with Gasteiger partial charge in [0.2, 0.25) is 10.0 Å². The number of halogens is 1. The van der Waals surface area contributed by atoms with Crippen LogP contribution in [0.2, 0.25) is 0 Å². The largest absolute Gasteiger partial charge is 0.271 e. The van der Waals surface area contributed by atoms with Crippen LogP contribution in [0, 0.1) is 29.8 Å². The number of hydrogen-bond acceptors (Lipinski definition) is 4. The molecule has 2 aromatic rings. The van der Waals surface area contributed by atoms with E-state index in [0.29, 0.717) is 16.7 Å². The standard InChI is InChI=1S/C18H19FN2O4S/c1-12-9-17(21(22)23)10-18(13(12)2)26(24,25)20(16-7-8-16)11-14-3-5-15(19)6-4-14/h3-6,9-10,16H,7-8,11H2,1-2H3. The van der Waals surface area contributed by atoms with Crippen LogP contribution in [-0.2, 0) is 16.6 Å². The number of nitrogens with zero attached hydrogens (tertiary/aromatic N) is 2. The Kier molecular flexibility index (Phi) is 4.81. The minimum Gasteiger partial charge on any atom is -0.258 e. The Morgan fingerprint density at radius 3 is 2.35 bits per heavy atom. The summed E-state index contributed by atoms with van der Waals surface area (Å²) in [4.78, 5) is 10.5. The molecular formula is C18H19FN2O4S. The molecule has 0 saturated heterocycles. The lowest BCUT2D eigenvalue weighted by molar-refractivity contribution is -0.385. The van der Waals surface area contributed by atoms with Crippen LogP contribution in [0.3, 0.4) is 0 Å². The molecule has 2 aromatic carbocycles. The highest BCUT2D eigenvalue weighted by Gasteiger charge is 2.39. The summed E-state index contributed by atoms with van der Waals surface area (Å²) >= 11 is 0. The van der Waals surface area contributed by atoms with Gasteiger partial charge in [-0.2, -0.15) is 4.31 Å². The van der Waals surface area contributed by atoms with Crippen molar-refractivity contribution in [2.45, 2.75) is 44.2 Å². The Morgan fingerprint density at radius 2 is 1.81 bits per heavy atom. The first-order valence-corrected chi connectivity index (χ1v) is 9.66. The van der Waals surface area contributed by atoms with E-state index in [-0.39, 0.29) is 29.0 Å². The topological polar surface area (TPSA) is 80.5 Å². The van der Waals surface area contributed by atoms with Crippen molar-refractivity contribution in [3.63, 3.8) is 0 Å². The fraction of sp³-hybridized carbons (Fsp3) is 0.333. The highest BCUT2D eigenvalue weighted by molar-refractivity contribution is 7.89. The predicted molar refractivity (Wildman–Crippen MR) is 94.7 cm³/mol. The highest BCUT2D eigenvalue weighted by Crippen LogP contribution is 2.36. The molecule has 3 rings (SSSR count). The van der Waals surface area contributed by atoms with Crippen LogP contribution >= 0.6 is 0 Å². The highest BCUT2D eigenvalue weighted by atomic mass is 32.2. The first-order valence-electron chi connectivity index (χ1n) is 8.22. The van der Waals surface area contributed by atoms with Gasteiger partial charge in [-0.25, -0.2) is 12.8 Å². The van der Waals surface area contributed by atoms with Crippen LogP contribution in [0.1, 0.15) is 29.5 Å². The van der Waals surface area contributed by atoms with Crippen molar-refractivity contribution >= 4 is 15.7 Å². The molecular weight excluding hydrogens is 359 g/mol. The number of aryl methyl sites for hydroxylation is 1. The van der Waals surface area contributed by atoms with Gasteiger partial charge in [-0.05, 0) is 55.5 Å². The van der Waals surface area contributed by atoms with Gasteiger partial charge in [-0.15, -0.1) is 0 Å². The van der Waals surface area contributed by atoms with E-state index in [0.717, 1.165) is 18.9 Å². The minimum atomic E-state index is -3.92. The van der Waals surface area contributed by atoms with Gasteiger partial charge in [-0.1, -0.05) is 12.1 Å². The van der Waals surface area contributed by atoms with Gasteiger partial charge in [0, 0.05) is 24.7 Å². The molecule has 0 radical (unpaired) electrons. The lowest BCUT2D eigenvalue weighted by atomic mass is 10.1. The summed E-state index contributed by atoms with van der Waals surface area (Å²) in [6.07, 6.45) is 1.49. The summed E-state index contributed by atoms with van der Waals surface area (Å²) in [5.74, 6) is -0.389. The molecule has 0 unspecified atom stereocenters. The van der Waals surface area contributed by atoms with Crippen LogP contribution in [0.4, 0.5) is 10.1 Å². The number of sulfonamides is 1. The van der Waals surface area contributed by atoms with Crippen molar-refractivity contribution in [1.82, 2.24) is 4.31 Å². The maximum atomic E-state index is 13.3. The maximum absolute atomic E-state index is 13.3. The average Bonchev–Trinajstić information content (AvgIpc) is 3.40. The van der Waals surface area contributed by atoms with E-state index in [2.05, 4.69) is 0 Å². The third-order valence-electron chi connectivity index (χ3n) is 4.61. The number of hydrogen-bond donors (Lipinski definition) is 0. The zero-order valence-corrected chi connectivity index (χ0v) is 15.3. The zero-order valence-electron chi connectivity index (χ0n) is 14.5. The second-order valence-corrected chi connectivity index (χ2v) is 8.41. The molecule has 138 valence electrons. The van der Waals surface area contributed by atoms with Gasteiger partial charge in [0.15, 0.2) is 0 Å². The summed E-state index contributed by atoms with van der Waals surface area (Å²) in [5, 5.41) is 11.1. The fourth-order valence-corrected chi connectivity index (χ4v) is 4.84. The van der Waals surface area contributed by atoms with Crippen LogP contribution in [0.5, 0.6) is 0 Å². The smallest absolute Gasteiger partial charge is 0.258 e. The maximum Gasteiger partial charge on any atom is 0.271 e. The molecule has 8 heteroatoms. The summed E-state index contributed by atoms with van der Waals surface area (Å²) in [7, 11) is -3.92. The molecule has 26 heavy (non-hydrogen) atoms. The van der Waals surface area contributed by atoms with Crippen LogP contribution in [-0.4, -0.2) is 23.7 Å². The molecule has 0 amide bonds. The first-order chi connectivity index (χ1) is 12.2. The van der Waals surface area contributed by atoms with Crippen molar-refractivity contribution in [2.24, 2.45) is 0 Å². The predicted octanol–water partition coefficient (Wildman–Crippen LogP) is 3.70. The Morgan fingerprint density at radius 1 is 1.19 bits per heavy atom. The monoisotopic (exact) mass is 378 g/mol. The molecule has 1 aliphatic rings. The van der Waals surface area contributed by atoms with Crippen molar-refractivity contribution in [1.29, 1.82) is 0 Å². The lowest BCUT2D eigenvalue weighted by Gasteiger charge is -2.23. The number of nitro benzene ring substituents is 1. The molecule has 0 N–H and O–H groups in total. The minimum absolute atomic E-state index is 0.0433. The third kappa shape index (κ3) is 3.61. The van der Waals surface area contributed by atoms with Gasteiger partial charge in [-0.3, -0.25) is 10.1 Å². The van der Waals surface area contributed by atoms with Crippen molar-refractivity contribution in [3.8, 4) is 0 Å². The van der Waals surface area contributed by atoms with Crippen molar-refractivity contribution in [2.75, 3.05) is 0 Å². The number of rotatable bonds is 6. The second kappa shape index (κ2) is 6.77. The number of nitro groups is 1. The average molecular weight is 378 g/mol. The van der Waals surface area contributed by atoms with Crippen LogP contribution < -0.4 is 0 Å². The second-order valence-electron chi connectivity index (χ2n) is 6.55. The lowest BCUT2D eigenvalue weighted by Crippen LogP contribution is -2.33. The first kappa shape index (κ1) is 18.5. The van der Waals surface area contributed by atoms with Crippen LogP contribution in [0.25, 0.3) is 0 Å². The third-order valence-corrected chi connectivity index (χ3v) is 6.63. The molecule has 6 nitrogen and oxygen atoms in total. The molecule has 0 atom stereocenters. The summed E-state index contributed by atoms with van der Waals surface area (Å²) < 4.78 is 41.0. The van der Waals surface area contributed by atoms with E-state index in [1.54, 1.807) is 26.0 Å². The molecule has 0 bridgehead atoms. The molecule has 1 fully saturated rings. The molecule has 0 spiro atoms.